The van der Waals surface area contributed by atoms with Crippen molar-refractivity contribution in [1.82, 2.24) is 19.9 Å². The van der Waals surface area contributed by atoms with Crippen LogP contribution in [0.25, 0.3) is 10.2 Å². The lowest BCUT2D eigenvalue weighted by Crippen LogP contribution is -2.47. The number of thiazole rings is 1. The van der Waals surface area contributed by atoms with Crippen molar-refractivity contribution in [2.75, 3.05) is 31.1 Å². The van der Waals surface area contributed by atoms with Crippen LogP contribution in [0.15, 0.2) is 29.9 Å². The van der Waals surface area contributed by atoms with E-state index in [1.54, 1.807) is 11.3 Å². The molecule has 1 fully saturated rings. The molecule has 170 valence electrons. The maximum Gasteiger partial charge on any atom is 0.225 e. The summed E-state index contributed by atoms with van der Waals surface area (Å²) in [6.45, 7) is 6.22. The highest BCUT2D eigenvalue weighted by Gasteiger charge is 2.24. The van der Waals surface area contributed by atoms with E-state index >= 15 is 0 Å². The highest BCUT2D eigenvalue weighted by molar-refractivity contribution is 7.16. The van der Waals surface area contributed by atoms with Crippen LogP contribution in [-0.4, -0.2) is 57.2 Å². The van der Waals surface area contributed by atoms with E-state index in [2.05, 4.69) is 39.9 Å². The second kappa shape index (κ2) is 9.81. The molecular formula is C25H33N5OS. The van der Waals surface area contributed by atoms with E-state index in [1.165, 1.54) is 21.5 Å². The molecule has 1 aliphatic carbocycles. The summed E-state index contributed by atoms with van der Waals surface area (Å²) in [5.41, 5.74) is 6.86. The Labute approximate surface area is 194 Å². The third kappa shape index (κ3) is 4.80. The van der Waals surface area contributed by atoms with Gasteiger partial charge in [-0.2, -0.15) is 0 Å². The van der Waals surface area contributed by atoms with E-state index in [0.717, 1.165) is 82.6 Å². The van der Waals surface area contributed by atoms with Gasteiger partial charge in [0.05, 0.1) is 21.8 Å². The molecule has 1 aromatic carbocycles. The number of aliphatic hydroxyl groups is 1. The average molecular weight is 452 g/mol. The maximum atomic E-state index is 10.0. The second-order valence-corrected chi connectivity index (χ2v) is 10.1. The summed E-state index contributed by atoms with van der Waals surface area (Å²) in [5.74, 6) is 0.886. The van der Waals surface area contributed by atoms with Crippen LogP contribution in [0.4, 0.5) is 5.95 Å². The second-order valence-electron chi connectivity index (χ2n) is 9.21. The summed E-state index contributed by atoms with van der Waals surface area (Å²) in [4.78, 5) is 19.1. The fourth-order valence-electron chi connectivity index (χ4n) is 5.01. The minimum absolute atomic E-state index is 0.140. The Kier molecular flexibility index (Phi) is 6.67. The Morgan fingerprint density at radius 1 is 1.03 bits per heavy atom. The summed E-state index contributed by atoms with van der Waals surface area (Å²) in [6.07, 6.45) is 8.86. The Morgan fingerprint density at radius 2 is 1.88 bits per heavy atom. The fourth-order valence-corrected chi connectivity index (χ4v) is 5.67. The molecule has 6 nitrogen and oxygen atoms in total. The lowest BCUT2D eigenvalue weighted by atomic mass is 9.97. The van der Waals surface area contributed by atoms with Crippen molar-refractivity contribution in [2.45, 2.75) is 64.0 Å². The van der Waals surface area contributed by atoms with Gasteiger partial charge in [0.2, 0.25) is 5.95 Å². The van der Waals surface area contributed by atoms with Crippen LogP contribution in [0.2, 0.25) is 0 Å². The van der Waals surface area contributed by atoms with Crippen LogP contribution in [0, 0.1) is 0 Å². The Morgan fingerprint density at radius 3 is 2.75 bits per heavy atom. The van der Waals surface area contributed by atoms with Gasteiger partial charge in [0.25, 0.3) is 0 Å². The zero-order valence-corrected chi connectivity index (χ0v) is 19.7. The van der Waals surface area contributed by atoms with Gasteiger partial charge in [-0.25, -0.2) is 15.0 Å². The molecule has 3 aromatic rings. The molecule has 1 N–H and O–H groups in total. The summed E-state index contributed by atoms with van der Waals surface area (Å²) >= 11 is 1.70. The minimum atomic E-state index is -0.140. The highest BCUT2D eigenvalue weighted by Crippen LogP contribution is 2.27. The molecular weight excluding hydrogens is 418 g/mol. The van der Waals surface area contributed by atoms with Crippen LogP contribution in [0.3, 0.4) is 0 Å². The summed E-state index contributed by atoms with van der Waals surface area (Å²) in [5, 5.41) is 10.0. The number of hydrogen-bond acceptors (Lipinski definition) is 7. The number of nitrogens with zero attached hydrogens (tertiary/aromatic N) is 5. The fraction of sp³-hybridized carbons (Fsp3) is 0.560. The number of rotatable bonds is 3. The van der Waals surface area contributed by atoms with Gasteiger partial charge in [-0.3, -0.25) is 4.90 Å². The SMILES string of the molecule is CC(c1ccc2scnc2c1)N1CCN(c2ncc3c(n2)CCCCC(O)CCC3)CC1. The van der Waals surface area contributed by atoms with E-state index in [1.807, 2.05) is 11.7 Å². The lowest BCUT2D eigenvalue weighted by Gasteiger charge is -2.38. The van der Waals surface area contributed by atoms with Crippen LogP contribution in [-0.2, 0) is 12.8 Å². The maximum absolute atomic E-state index is 10.0. The van der Waals surface area contributed by atoms with Crippen molar-refractivity contribution in [3.63, 3.8) is 0 Å². The van der Waals surface area contributed by atoms with Gasteiger partial charge >= 0.3 is 0 Å². The number of piperazine rings is 1. The predicted octanol–water partition coefficient (Wildman–Crippen LogP) is 4.38. The van der Waals surface area contributed by atoms with Gasteiger partial charge in [-0.05, 0) is 68.7 Å². The predicted molar refractivity (Wildman–Crippen MR) is 130 cm³/mol. The smallest absolute Gasteiger partial charge is 0.225 e. The molecule has 32 heavy (non-hydrogen) atoms. The van der Waals surface area contributed by atoms with E-state index in [4.69, 9.17) is 9.97 Å². The van der Waals surface area contributed by atoms with Crippen molar-refractivity contribution >= 4 is 27.5 Å². The van der Waals surface area contributed by atoms with Gasteiger partial charge in [0.15, 0.2) is 0 Å². The first-order valence-corrected chi connectivity index (χ1v) is 12.9. The van der Waals surface area contributed by atoms with Gasteiger partial charge in [0.1, 0.15) is 0 Å². The van der Waals surface area contributed by atoms with Crippen molar-refractivity contribution < 1.29 is 5.11 Å². The Bertz CT molecular complexity index is 1050. The normalized spacial score (nSPS) is 21.9. The molecule has 0 saturated carbocycles. The van der Waals surface area contributed by atoms with Crippen molar-refractivity contribution in [3.05, 3.63) is 46.7 Å². The number of benzene rings is 1. The zero-order valence-electron chi connectivity index (χ0n) is 18.9. The highest BCUT2D eigenvalue weighted by atomic mass is 32.1. The first-order valence-electron chi connectivity index (χ1n) is 12.0. The van der Waals surface area contributed by atoms with Crippen LogP contribution < -0.4 is 4.90 Å². The van der Waals surface area contributed by atoms with Crippen molar-refractivity contribution in [2.24, 2.45) is 0 Å². The lowest BCUT2D eigenvalue weighted by molar-refractivity contribution is 0.148. The van der Waals surface area contributed by atoms with E-state index in [9.17, 15) is 5.11 Å². The first kappa shape index (κ1) is 21.7. The number of aromatic nitrogens is 3. The van der Waals surface area contributed by atoms with Gasteiger partial charge in [-0.15, -0.1) is 11.3 Å². The number of hydrogen-bond donors (Lipinski definition) is 1. The Hall–Kier alpha value is -2.09. The van der Waals surface area contributed by atoms with Gasteiger partial charge < -0.3 is 10.0 Å². The standard InChI is InChI=1S/C25H33N5OS/c1-18(19-9-10-24-23(15-19)27-17-32-24)29-11-13-30(14-12-29)25-26-16-20-5-4-7-21(31)6-2-3-8-22(20)28-25/h9-10,15-18,21,31H,2-8,11-14H2,1H3. The van der Waals surface area contributed by atoms with Crippen LogP contribution in [0.5, 0.6) is 0 Å². The Balaban J connectivity index is 1.23. The summed E-state index contributed by atoms with van der Waals surface area (Å²) in [6, 6.07) is 7.07. The van der Waals surface area contributed by atoms with E-state index < -0.39 is 0 Å². The molecule has 0 spiro atoms. The third-order valence-electron chi connectivity index (χ3n) is 7.11. The molecule has 2 unspecified atom stereocenters. The quantitative estimate of drug-likeness (QED) is 0.638. The van der Waals surface area contributed by atoms with Gasteiger partial charge in [0, 0.05) is 44.1 Å². The molecule has 0 amide bonds. The number of aliphatic hydroxyl groups excluding tert-OH is 1. The summed E-state index contributed by atoms with van der Waals surface area (Å²) in [7, 11) is 0. The number of fused-ring (bicyclic) bond motifs is 2. The van der Waals surface area contributed by atoms with Crippen LogP contribution >= 0.6 is 11.3 Å². The number of anilines is 1. The van der Waals surface area contributed by atoms with Gasteiger partial charge in [-0.1, -0.05) is 12.5 Å². The average Bonchev–Trinajstić information content (AvgIpc) is 3.30. The van der Waals surface area contributed by atoms with Crippen molar-refractivity contribution in [1.29, 1.82) is 0 Å². The van der Waals surface area contributed by atoms with Crippen molar-refractivity contribution in [3.8, 4) is 0 Å². The molecule has 2 atom stereocenters. The number of aryl methyl sites for hydroxylation is 2. The van der Waals surface area contributed by atoms with Crippen LogP contribution in [0.1, 0.15) is 61.9 Å². The molecule has 0 bridgehead atoms. The van der Waals surface area contributed by atoms with E-state index in [0.29, 0.717) is 6.04 Å². The molecule has 3 heterocycles. The summed E-state index contributed by atoms with van der Waals surface area (Å²) < 4.78 is 1.25. The molecule has 5 rings (SSSR count). The van der Waals surface area contributed by atoms with E-state index in [-0.39, 0.29) is 6.10 Å². The molecule has 1 saturated heterocycles. The monoisotopic (exact) mass is 451 g/mol. The molecule has 2 aromatic heterocycles. The molecule has 7 heteroatoms. The zero-order chi connectivity index (χ0) is 21.9. The molecule has 0 radical (unpaired) electrons. The third-order valence-corrected chi connectivity index (χ3v) is 7.92. The molecule has 2 aliphatic rings. The largest absolute Gasteiger partial charge is 0.393 e. The minimum Gasteiger partial charge on any atom is -0.393 e. The first-order chi connectivity index (χ1) is 15.7. The molecule has 1 aliphatic heterocycles. The topological polar surface area (TPSA) is 65.4 Å².